The van der Waals surface area contributed by atoms with Gasteiger partial charge in [0.2, 0.25) is 0 Å². The van der Waals surface area contributed by atoms with Crippen molar-refractivity contribution in [3.63, 3.8) is 0 Å². The van der Waals surface area contributed by atoms with Gasteiger partial charge >= 0.3 is 0 Å². The number of aromatic nitrogens is 3. The summed E-state index contributed by atoms with van der Waals surface area (Å²) in [7, 11) is 0. The highest BCUT2D eigenvalue weighted by Crippen LogP contribution is 2.26. The minimum atomic E-state index is -0.216. The first-order chi connectivity index (χ1) is 16.1. The Morgan fingerprint density at radius 3 is 2.48 bits per heavy atom. The Labute approximate surface area is 198 Å². The summed E-state index contributed by atoms with van der Waals surface area (Å²) in [5, 5.41) is 12.5. The second kappa shape index (κ2) is 10.8. The fourth-order valence-electron chi connectivity index (χ4n) is 3.31. The van der Waals surface area contributed by atoms with Crippen LogP contribution in [0.1, 0.15) is 22.5 Å². The zero-order valence-electron chi connectivity index (χ0n) is 18.7. The second-order valence-corrected chi connectivity index (χ2v) is 8.67. The summed E-state index contributed by atoms with van der Waals surface area (Å²) >= 11 is 1.62. The number of para-hydroxylation sites is 1. The Morgan fingerprint density at radius 1 is 0.939 bits per heavy atom. The molecule has 33 heavy (non-hydrogen) atoms. The lowest BCUT2D eigenvalue weighted by molar-refractivity contribution is -0.123. The van der Waals surface area contributed by atoms with E-state index >= 15 is 0 Å². The summed E-state index contributed by atoms with van der Waals surface area (Å²) < 4.78 is 7.53. The highest BCUT2D eigenvalue weighted by atomic mass is 32.2. The van der Waals surface area contributed by atoms with E-state index in [2.05, 4.69) is 65.8 Å². The van der Waals surface area contributed by atoms with Crippen molar-refractivity contribution in [3.05, 3.63) is 101 Å². The van der Waals surface area contributed by atoms with E-state index in [1.54, 1.807) is 11.8 Å². The van der Waals surface area contributed by atoms with Crippen molar-refractivity contribution in [2.24, 2.45) is 0 Å². The van der Waals surface area contributed by atoms with Gasteiger partial charge in [0.25, 0.3) is 5.91 Å². The van der Waals surface area contributed by atoms with Crippen LogP contribution in [-0.4, -0.2) is 27.3 Å². The van der Waals surface area contributed by atoms with Crippen LogP contribution in [0.5, 0.6) is 5.75 Å². The SMILES string of the molecule is Cc1ccc(-n2c(CNC(=O)COc3ccccc3)nnc2SCc2cccc(C)c2)cc1. The molecule has 1 N–H and O–H groups in total. The summed E-state index contributed by atoms with van der Waals surface area (Å²) in [4.78, 5) is 12.3. The van der Waals surface area contributed by atoms with E-state index in [4.69, 9.17) is 4.74 Å². The van der Waals surface area contributed by atoms with Gasteiger partial charge in [-0.25, -0.2) is 0 Å². The molecule has 4 aromatic rings. The molecule has 0 spiro atoms. The van der Waals surface area contributed by atoms with Gasteiger partial charge in [0.1, 0.15) is 5.75 Å². The number of rotatable bonds is 9. The quantitative estimate of drug-likeness (QED) is 0.362. The third-order valence-electron chi connectivity index (χ3n) is 5.00. The standard InChI is InChI=1S/C26H26N4O2S/c1-19-11-13-22(14-12-19)30-24(16-27-25(31)17-32-23-9-4-3-5-10-23)28-29-26(30)33-18-21-8-6-7-20(2)15-21/h3-15H,16-18H2,1-2H3,(H,27,31). The average molecular weight is 459 g/mol. The molecule has 4 rings (SSSR count). The van der Waals surface area contributed by atoms with Gasteiger partial charge in [-0.2, -0.15) is 0 Å². The van der Waals surface area contributed by atoms with E-state index in [-0.39, 0.29) is 19.1 Å². The summed E-state index contributed by atoms with van der Waals surface area (Å²) in [6.07, 6.45) is 0. The topological polar surface area (TPSA) is 69.0 Å². The molecule has 7 heteroatoms. The van der Waals surface area contributed by atoms with Gasteiger partial charge in [-0.3, -0.25) is 9.36 Å². The van der Waals surface area contributed by atoms with E-state index in [1.165, 1.54) is 16.7 Å². The van der Waals surface area contributed by atoms with Crippen LogP contribution >= 0.6 is 11.8 Å². The number of benzene rings is 3. The lowest BCUT2D eigenvalue weighted by Crippen LogP contribution is -2.29. The van der Waals surface area contributed by atoms with E-state index < -0.39 is 0 Å². The monoisotopic (exact) mass is 458 g/mol. The smallest absolute Gasteiger partial charge is 0.258 e. The molecule has 0 saturated carbocycles. The van der Waals surface area contributed by atoms with E-state index in [1.807, 2.05) is 47.0 Å². The fraction of sp³-hybridized carbons (Fsp3) is 0.192. The number of carbonyl (C=O) groups excluding carboxylic acids is 1. The molecule has 168 valence electrons. The van der Waals surface area contributed by atoms with Crippen LogP contribution in [-0.2, 0) is 17.1 Å². The highest BCUT2D eigenvalue weighted by molar-refractivity contribution is 7.98. The lowest BCUT2D eigenvalue weighted by atomic mass is 10.2. The molecule has 0 aliphatic rings. The summed E-state index contributed by atoms with van der Waals surface area (Å²) in [5.74, 6) is 1.89. The van der Waals surface area contributed by atoms with Crippen LogP contribution in [0.4, 0.5) is 0 Å². The molecule has 0 fully saturated rings. The zero-order chi connectivity index (χ0) is 23.0. The number of thioether (sulfide) groups is 1. The molecular formula is C26H26N4O2S. The van der Waals surface area contributed by atoms with Crippen molar-refractivity contribution in [1.29, 1.82) is 0 Å². The van der Waals surface area contributed by atoms with Crippen LogP contribution in [0, 0.1) is 13.8 Å². The van der Waals surface area contributed by atoms with Crippen LogP contribution in [0.15, 0.2) is 84.0 Å². The number of amides is 1. The normalized spacial score (nSPS) is 10.7. The average Bonchev–Trinajstić information content (AvgIpc) is 3.24. The van der Waals surface area contributed by atoms with Crippen molar-refractivity contribution in [1.82, 2.24) is 20.1 Å². The minimum absolute atomic E-state index is 0.0579. The van der Waals surface area contributed by atoms with Gasteiger partial charge in [-0.15, -0.1) is 10.2 Å². The third kappa shape index (κ3) is 6.23. The van der Waals surface area contributed by atoms with E-state index in [9.17, 15) is 4.79 Å². The largest absolute Gasteiger partial charge is 0.484 e. The molecule has 0 unspecified atom stereocenters. The van der Waals surface area contributed by atoms with Crippen molar-refractivity contribution < 1.29 is 9.53 Å². The lowest BCUT2D eigenvalue weighted by Gasteiger charge is -2.12. The number of ether oxygens (including phenoxy) is 1. The molecule has 0 radical (unpaired) electrons. The number of hydrogen-bond donors (Lipinski definition) is 1. The van der Waals surface area contributed by atoms with Gasteiger partial charge in [-0.05, 0) is 43.7 Å². The maximum absolute atomic E-state index is 12.3. The Hall–Kier alpha value is -3.58. The van der Waals surface area contributed by atoms with Crippen LogP contribution in [0.2, 0.25) is 0 Å². The molecule has 3 aromatic carbocycles. The zero-order valence-corrected chi connectivity index (χ0v) is 19.5. The number of carbonyl (C=O) groups is 1. The van der Waals surface area contributed by atoms with Crippen molar-refractivity contribution in [2.75, 3.05) is 6.61 Å². The second-order valence-electron chi connectivity index (χ2n) is 7.73. The van der Waals surface area contributed by atoms with Crippen LogP contribution in [0.25, 0.3) is 5.69 Å². The molecule has 1 aromatic heterocycles. The van der Waals surface area contributed by atoms with Gasteiger partial charge < -0.3 is 10.1 Å². The van der Waals surface area contributed by atoms with E-state index in [0.29, 0.717) is 11.6 Å². The van der Waals surface area contributed by atoms with Crippen molar-refractivity contribution in [3.8, 4) is 11.4 Å². The van der Waals surface area contributed by atoms with Crippen LogP contribution < -0.4 is 10.1 Å². The first-order valence-corrected chi connectivity index (χ1v) is 11.7. The predicted octanol–water partition coefficient (Wildman–Crippen LogP) is 4.87. The fourth-order valence-corrected chi connectivity index (χ4v) is 4.22. The Morgan fingerprint density at radius 2 is 1.73 bits per heavy atom. The van der Waals surface area contributed by atoms with Gasteiger partial charge in [0.05, 0.1) is 6.54 Å². The number of hydrogen-bond acceptors (Lipinski definition) is 5. The highest BCUT2D eigenvalue weighted by Gasteiger charge is 2.16. The summed E-state index contributed by atoms with van der Waals surface area (Å²) in [6.45, 7) is 4.34. The summed E-state index contributed by atoms with van der Waals surface area (Å²) in [6, 6.07) is 25.9. The molecule has 0 aliphatic heterocycles. The molecule has 1 heterocycles. The number of nitrogens with zero attached hydrogens (tertiary/aromatic N) is 3. The molecule has 0 saturated heterocycles. The van der Waals surface area contributed by atoms with Crippen molar-refractivity contribution >= 4 is 17.7 Å². The first kappa shape index (κ1) is 22.6. The first-order valence-electron chi connectivity index (χ1n) is 10.7. The van der Waals surface area contributed by atoms with E-state index in [0.717, 1.165) is 16.6 Å². The Bertz CT molecular complexity index is 1210. The van der Waals surface area contributed by atoms with Gasteiger partial charge in [0, 0.05) is 11.4 Å². The number of aryl methyl sites for hydroxylation is 2. The molecular weight excluding hydrogens is 432 g/mol. The van der Waals surface area contributed by atoms with Gasteiger partial charge in [-0.1, -0.05) is 77.5 Å². The van der Waals surface area contributed by atoms with Gasteiger partial charge in [0.15, 0.2) is 17.6 Å². The molecule has 0 atom stereocenters. The Kier molecular flexibility index (Phi) is 7.42. The third-order valence-corrected chi connectivity index (χ3v) is 6.00. The summed E-state index contributed by atoms with van der Waals surface area (Å²) in [5.41, 5.74) is 4.59. The maximum atomic E-state index is 12.3. The minimum Gasteiger partial charge on any atom is -0.484 e. The molecule has 1 amide bonds. The molecule has 6 nitrogen and oxygen atoms in total. The Balaban J connectivity index is 1.47. The molecule has 0 bridgehead atoms. The maximum Gasteiger partial charge on any atom is 0.258 e. The number of nitrogens with one attached hydrogen (secondary N) is 1. The predicted molar refractivity (Wildman–Crippen MR) is 131 cm³/mol. The van der Waals surface area contributed by atoms with Crippen LogP contribution in [0.3, 0.4) is 0 Å². The van der Waals surface area contributed by atoms with Crippen molar-refractivity contribution in [2.45, 2.75) is 31.3 Å². The molecule has 0 aliphatic carbocycles.